The molecule has 2 aromatic carbocycles. The van der Waals surface area contributed by atoms with Gasteiger partial charge in [-0.05, 0) is 61.7 Å². The number of nitrogens with zero attached hydrogens (tertiary/aromatic N) is 3. The quantitative estimate of drug-likeness (QED) is 0.758. The van der Waals surface area contributed by atoms with Crippen LogP contribution in [0.2, 0.25) is 0 Å². The van der Waals surface area contributed by atoms with Crippen molar-refractivity contribution in [1.29, 1.82) is 0 Å². The molecular formula is C25H31N3O3. The van der Waals surface area contributed by atoms with Crippen LogP contribution < -0.4 is 14.4 Å². The summed E-state index contributed by atoms with van der Waals surface area (Å²) in [5.74, 6) is 1.89. The molecule has 2 aromatic rings. The van der Waals surface area contributed by atoms with Crippen LogP contribution in [-0.4, -0.2) is 68.2 Å². The van der Waals surface area contributed by atoms with Crippen molar-refractivity contribution >= 4 is 11.6 Å². The standard InChI is InChI=1S/C25H31N3O3/c1-19-4-2-5-21(16-19)26-10-12-27(13-11-26)25(29)18-28-9-3-6-22(28)20-7-8-23-24(17-20)31-15-14-30-23/h2,4-5,7-8,16-17,22H,3,6,9-15,18H2,1H3. The summed E-state index contributed by atoms with van der Waals surface area (Å²) in [7, 11) is 0. The van der Waals surface area contributed by atoms with Crippen LogP contribution in [0.15, 0.2) is 42.5 Å². The van der Waals surface area contributed by atoms with Crippen molar-refractivity contribution in [2.75, 3.05) is 57.4 Å². The second-order valence-electron chi connectivity index (χ2n) is 8.74. The summed E-state index contributed by atoms with van der Waals surface area (Å²) in [5, 5.41) is 0. The van der Waals surface area contributed by atoms with Gasteiger partial charge in [-0.25, -0.2) is 0 Å². The maximum Gasteiger partial charge on any atom is 0.236 e. The van der Waals surface area contributed by atoms with Gasteiger partial charge in [-0.2, -0.15) is 0 Å². The number of likely N-dealkylation sites (tertiary alicyclic amines) is 1. The van der Waals surface area contributed by atoms with E-state index in [1.165, 1.54) is 16.8 Å². The molecule has 6 nitrogen and oxygen atoms in total. The summed E-state index contributed by atoms with van der Waals surface area (Å²) in [6, 6.07) is 15.1. The van der Waals surface area contributed by atoms with E-state index in [4.69, 9.17) is 9.47 Å². The number of carbonyl (C=O) groups is 1. The number of hydrogen-bond donors (Lipinski definition) is 0. The van der Waals surface area contributed by atoms with Gasteiger partial charge in [0.15, 0.2) is 11.5 Å². The molecule has 3 heterocycles. The van der Waals surface area contributed by atoms with Gasteiger partial charge in [0.2, 0.25) is 5.91 Å². The zero-order valence-corrected chi connectivity index (χ0v) is 18.3. The first-order valence-electron chi connectivity index (χ1n) is 11.4. The number of benzene rings is 2. The van der Waals surface area contributed by atoms with E-state index in [0.717, 1.165) is 57.1 Å². The van der Waals surface area contributed by atoms with E-state index in [2.05, 4.69) is 53.1 Å². The van der Waals surface area contributed by atoms with Gasteiger partial charge in [-0.3, -0.25) is 9.69 Å². The summed E-state index contributed by atoms with van der Waals surface area (Å²) in [6.45, 7) is 8.13. The van der Waals surface area contributed by atoms with Crippen LogP contribution in [-0.2, 0) is 4.79 Å². The number of amides is 1. The minimum Gasteiger partial charge on any atom is -0.486 e. The van der Waals surface area contributed by atoms with Crippen LogP contribution in [0.25, 0.3) is 0 Å². The Balaban J connectivity index is 1.19. The third-order valence-electron chi connectivity index (χ3n) is 6.65. The molecule has 6 heteroatoms. The zero-order valence-electron chi connectivity index (χ0n) is 18.3. The fraction of sp³-hybridized carbons (Fsp3) is 0.480. The lowest BCUT2D eigenvalue weighted by atomic mass is 10.0. The summed E-state index contributed by atoms with van der Waals surface area (Å²) in [4.78, 5) is 19.8. The molecule has 0 radical (unpaired) electrons. The number of rotatable bonds is 4. The third kappa shape index (κ3) is 4.35. The SMILES string of the molecule is Cc1cccc(N2CCN(C(=O)CN3CCCC3c3ccc4c(c3)OCCO4)CC2)c1. The molecule has 5 rings (SSSR count). The Kier molecular flexibility index (Phi) is 5.72. The van der Waals surface area contributed by atoms with Crippen molar-refractivity contribution in [3.63, 3.8) is 0 Å². The number of piperazine rings is 1. The maximum atomic E-state index is 13.1. The smallest absolute Gasteiger partial charge is 0.236 e. The molecule has 31 heavy (non-hydrogen) atoms. The van der Waals surface area contributed by atoms with Gasteiger partial charge in [0.05, 0.1) is 6.54 Å². The van der Waals surface area contributed by atoms with Gasteiger partial charge in [-0.15, -0.1) is 0 Å². The predicted octanol–water partition coefficient (Wildman–Crippen LogP) is 3.25. The molecule has 0 aliphatic carbocycles. The number of carbonyl (C=O) groups excluding carboxylic acids is 1. The van der Waals surface area contributed by atoms with Crippen LogP contribution in [0.4, 0.5) is 5.69 Å². The molecule has 164 valence electrons. The first-order chi connectivity index (χ1) is 15.2. The van der Waals surface area contributed by atoms with Gasteiger partial charge < -0.3 is 19.3 Å². The van der Waals surface area contributed by atoms with E-state index in [1.807, 2.05) is 11.0 Å². The predicted molar refractivity (Wildman–Crippen MR) is 121 cm³/mol. The number of ether oxygens (including phenoxy) is 2. The van der Waals surface area contributed by atoms with Crippen molar-refractivity contribution in [3.8, 4) is 11.5 Å². The Morgan fingerprint density at radius 3 is 2.58 bits per heavy atom. The summed E-state index contributed by atoms with van der Waals surface area (Å²) in [5.41, 5.74) is 3.75. The Bertz CT molecular complexity index is 939. The highest BCUT2D eigenvalue weighted by molar-refractivity contribution is 5.78. The Hall–Kier alpha value is -2.73. The second-order valence-corrected chi connectivity index (χ2v) is 8.74. The molecule has 0 N–H and O–H groups in total. The highest BCUT2D eigenvalue weighted by atomic mass is 16.6. The van der Waals surface area contributed by atoms with Crippen LogP contribution >= 0.6 is 0 Å². The van der Waals surface area contributed by atoms with Crippen molar-refractivity contribution in [1.82, 2.24) is 9.80 Å². The highest BCUT2D eigenvalue weighted by Crippen LogP contribution is 2.38. The molecular weight excluding hydrogens is 390 g/mol. The van der Waals surface area contributed by atoms with E-state index in [1.54, 1.807) is 0 Å². The summed E-state index contributed by atoms with van der Waals surface area (Å²) < 4.78 is 11.4. The van der Waals surface area contributed by atoms with Crippen LogP contribution in [0.5, 0.6) is 11.5 Å². The molecule has 0 saturated carbocycles. The molecule has 3 aliphatic heterocycles. The topological polar surface area (TPSA) is 45.2 Å². The van der Waals surface area contributed by atoms with E-state index < -0.39 is 0 Å². The van der Waals surface area contributed by atoms with Crippen LogP contribution in [0.1, 0.15) is 30.0 Å². The van der Waals surface area contributed by atoms with E-state index >= 15 is 0 Å². The molecule has 0 bridgehead atoms. The lowest BCUT2D eigenvalue weighted by Gasteiger charge is -2.37. The summed E-state index contributed by atoms with van der Waals surface area (Å²) in [6.07, 6.45) is 2.20. The minimum absolute atomic E-state index is 0.244. The number of fused-ring (bicyclic) bond motifs is 1. The zero-order chi connectivity index (χ0) is 21.2. The van der Waals surface area contributed by atoms with Crippen molar-refractivity contribution in [3.05, 3.63) is 53.6 Å². The largest absolute Gasteiger partial charge is 0.486 e. The van der Waals surface area contributed by atoms with E-state index in [0.29, 0.717) is 19.8 Å². The van der Waals surface area contributed by atoms with Crippen molar-refractivity contribution in [2.45, 2.75) is 25.8 Å². The fourth-order valence-electron chi connectivity index (χ4n) is 4.97. The van der Waals surface area contributed by atoms with Crippen LogP contribution in [0, 0.1) is 6.92 Å². The second kappa shape index (κ2) is 8.79. The molecule has 1 unspecified atom stereocenters. The Labute approximate surface area is 184 Å². The minimum atomic E-state index is 0.244. The van der Waals surface area contributed by atoms with E-state index in [-0.39, 0.29) is 11.9 Å². The average molecular weight is 422 g/mol. The highest BCUT2D eigenvalue weighted by Gasteiger charge is 2.31. The Morgan fingerprint density at radius 2 is 1.77 bits per heavy atom. The monoisotopic (exact) mass is 421 g/mol. The first-order valence-corrected chi connectivity index (χ1v) is 11.4. The van der Waals surface area contributed by atoms with Crippen molar-refractivity contribution < 1.29 is 14.3 Å². The molecule has 1 atom stereocenters. The molecule has 0 aromatic heterocycles. The normalized spacial score (nSPS) is 21.4. The molecule has 0 spiro atoms. The van der Waals surface area contributed by atoms with Gasteiger partial charge in [0.1, 0.15) is 13.2 Å². The van der Waals surface area contributed by atoms with Gasteiger partial charge in [-0.1, -0.05) is 18.2 Å². The van der Waals surface area contributed by atoms with Crippen molar-refractivity contribution in [2.24, 2.45) is 0 Å². The lowest BCUT2D eigenvalue weighted by molar-refractivity contribution is -0.133. The maximum absolute atomic E-state index is 13.1. The van der Waals surface area contributed by atoms with E-state index in [9.17, 15) is 4.79 Å². The molecule has 2 fully saturated rings. The third-order valence-corrected chi connectivity index (χ3v) is 6.65. The molecule has 3 aliphatic rings. The number of anilines is 1. The summed E-state index contributed by atoms with van der Waals surface area (Å²) >= 11 is 0. The first kappa shape index (κ1) is 20.2. The van der Waals surface area contributed by atoms with Gasteiger partial charge in [0.25, 0.3) is 0 Å². The molecule has 2 saturated heterocycles. The Morgan fingerprint density at radius 1 is 0.968 bits per heavy atom. The number of hydrogen-bond acceptors (Lipinski definition) is 5. The number of aryl methyl sites for hydroxylation is 1. The van der Waals surface area contributed by atoms with Gasteiger partial charge in [0, 0.05) is 37.9 Å². The average Bonchev–Trinajstić information content (AvgIpc) is 3.27. The fourth-order valence-corrected chi connectivity index (χ4v) is 4.97. The molecule has 1 amide bonds. The van der Waals surface area contributed by atoms with Crippen LogP contribution in [0.3, 0.4) is 0 Å². The lowest BCUT2D eigenvalue weighted by Crippen LogP contribution is -2.51. The van der Waals surface area contributed by atoms with Gasteiger partial charge >= 0.3 is 0 Å².